The topological polar surface area (TPSA) is 67.0 Å². The Morgan fingerprint density at radius 1 is 1.32 bits per heavy atom. The van der Waals surface area contributed by atoms with Gasteiger partial charge in [-0.25, -0.2) is 14.5 Å². The fraction of sp³-hybridized carbons (Fsp3) is 0.167. The Labute approximate surface area is 116 Å². The second-order valence-corrected chi connectivity index (χ2v) is 5.76. The van der Waals surface area contributed by atoms with Crippen LogP contribution < -0.4 is 4.57 Å². The highest BCUT2D eigenvalue weighted by atomic mass is 32.1. The Balaban J connectivity index is 1.82. The summed E-state index contributed by atoms with van der Waals surface area (Å²) in [7, 11) is 0. The Morgan fingerprint density at radius 2 is 2.11 bits per heavy atom. The van der Waals surface area contributed by atoms with E-state index >= 15 is 0 Å². The number of carboxylic acids is 1. The third-order valence-electron chi connectivity index (χ3n) is 2.64. The van der Waals surface area contributed by atoms with Gasteiger partial charge in [0.05, 0.1) is 5.51 Å². The minimum absolute atomic E-state index is 0.126. The van der Waals surface area contributed by atoms with E-state index in [-0.39, 0.29) is 6.42 Å². The van der Waals surface area contributed by atoms with E-state index < -0.39 is 5.97 Å². The van der Waals surface area contributed by atoms with Gasteiger partial charge in [-0.2, -0.15) is 0 Å². The number of carboxylic acid groups (broad SMARTS) is 1. The molecule has 0 saturated carbocycles. The fourth-order valence-corrected chi connectivity index (χ4v) is 3.44. The van der Waals surface area contributed by atoms with Gasteiger partial charge < -0.3 is 5.11 Å². The molecule has 0 aromatic carbocycles. The molecule has 0 atom stereocenters. The Hall–Kier alpha value is -1.86. The molecule has 0 saturated heterocycles. The highest BCUT2D eigenvalue weighted by molar-refractivity contribution is 7.27. The zero-order valence-electron chi connectivity index (χ0n) is 9.81. The summed E-state index contributed by atoms with van der Waals surface area (Å²) in [5.41, 5.74) is 2.82. The van der Waals surface area contributed by atoms with E-state index in [0.717, 1.165) is 20.2 Å². The summed E-state index contributed by atoms with van der Waals surface area (Å²) in [5, 5.41) is 9.58. The molecule has 3 aromatic rings. The van der Waals surface area contributed by atoms with E-state index in [1.165, 1.54) is 11.3 Å². The summed E-state index contributed by atoms with van der Waals surface area (Å²) in [5.74, 6) is -0.789. The van der Waals surface area contributed by atoms with E-state index in [0.29, 0.717) is 6.54 Å². The molecule has 0 bridgehead atoms. The number of aromatic nitrogens is 3. The van der Waals surface area contributed by atoms with Crippen molar-refractivity contribution in [3.8, 4) is 10.6 Å². The van der Waals surface area contributed by atoms with Crippen LogP contribution in [0.2, 0.25) is 0 Å². The predicted octanol–water partition coefficient (Wildman–Crippen LogP) is 2.18. The van der Waals surface area contributed by atoms with Crippen LogP contribution in [0.15, 0.2) is 30.0 Å². The summed E-state index contributed by atoms with van der Waals surface area (Å²) in [4.78, 5) is 21.2. The third-order valence-corrected chi connectivity index (χ3v) is 4.50. The van der Waals surface area contributed by atoms with Gasteiger partial charge in [0.1, 0.15) is 11.4 Å². The molecule has 7 heteroatoms. The average molecular weight is 292 g/mol. The number of rotatable bonds is 4. The van der Waals surface area contributed by atoms with Gasteiger partial charge in [-0.1, -0.05) is 11.3 Å². The summed E-state index contributed by atoms with van der Waals surface area (Å²) in [6.45, 7) is 0.476. The van der Waals surface area contributed by atoms with E-state index in [1.54, 1.807) is 16.8 Å². The molecule has 0 unspecified atom stereocenters. The van der Waals surface area contributed by atoms with E-state index in [2.05, 4.69) is 9.97 Å². The van der Waals surface area contributed by atoms with Gasteiger partial charge in [0, 0.05) is 17.7 Å². The lowest BCUT2D eigenvalue weighted by Crippen LogP contribution is -2.33. The summed E-state index contributed by atoms with van der Waals surface area (Å²) < 4.78 is 1.85. The van der Waals surface area contributed by atoms with Gasteiger partial charge in [-0.05, 0) is 0 Å². The highest BCUT2D eigenvalue weighted by Gasteiger charge is 2.10. The van der Waals surface area contributed by atoms with Crippen molar-refractivity contribution in [2.45, 2.75) is 13.0 Å². The molecule has 1 N–H and O–H groups in total. The molecule has 96 valence electrons. The first-order valence-corrected chi connectivity index (χ1v) is 7.33. The fourth-order valence-electron chi connectivity index (χ4n) is 1.68. The third kappa shape index (κ3) is 2.61. The maximum Gasteiger partial charge on any atom is 0.309 e. The summed E-state index contributed by atoms with van der Waals surface area (Å²) in [6.07, 6.45) is 3.88. The number of nitrogens with zero attached hydrogens (tertiary/aromatic N) is 3. The van der Waals surface area contributed by atoms with Gasteiger partial charge in [-0.3, -0.25) is 4.79 Å². The number of fused-ring (bicyclic) bond motifs is 1. The first kappa shape index (κ1) is 12.2. The van der Waals surface area contributed by atoms with Crippen molar-refractivity contribution in [3.63, 3.8) is 0 Å². The largest absolute Gasteiger partial charge is 0.481 e. The summed E-state index contributed by atoms with van der Waals surface area (Å²) >= 11 is 3.10. The number of hydrogen-bond donors (Lipinski definition) is 1. The normalized spacial score (nSPS) is 10.9. The second kappa shape index (κ2) is 5.02. The van der Waals surface area contributed by atoms with Crippen molar-refractivity contribution in [2.24, 2.45) is 0 Å². The molecule has 0 amide bonds. The van der Waals surface area contributed by atoms with Crippen LogP contribution in [0.25, 0.3) is 20.2 Å². The van der Waals surface area contributed by atoms with Crippen molar-refractivity contribution in [2.75, 3.05) is 0 Å². The van der Waals surface area contributed by atoms with Crippen LogP contribution in [-0.2, 0) is 11.3 Å². The van der Waals surface area contributed by atoms with E-state index in [1.807, 2.05) is 29.1 Å². The zero-order valence-corrected chi connectivity index (χ0v) is 11.4. The van der Waals surface area contributed by atoms with Gasteiger partial charge in [0.15, 0.2) is 28.6 Å². The molecular weight excluding hydrogens is 282 g/mol. The standard InChI is InChI=1S/C12H9N3O2S2/c16-9(17)3-6-15-4-1-8(2-5-15)10-14-12-11(19-10)13-7-18-12/h1-2,4-5,7H,3,6H2/p+1. The Bertz CT molecular complexity index is 689. The van der Waals surface area contributed by atoms with Crippen LogP contribution in [0.1, 0.15) is 6.42 Å². The molecule has 0 aliphatic heterocycles. The maximum absolute atomic E-state index is 10.5. The highest BCUT2D eigenvalue weighted by Crippen LogP contribution is 2.30. The number of aryl methyl sites for hydroxylation is 1. The van der Waals surface area contributed by atoms with Crippen molar-refractivity contribution in [1.82, 2.24) is 9.97 Å². The number of carbonyl (C=O) groups is 1. The molecule has 0 radical (unpaired) electrons. The molecular formula is C12H10N3O2S2+. The number of thiazole rings is 2. The SMILES string of the molecule is O=C(O)CC[n+]1ccc(-c2nc3scnc3s2)cc1. The summed E-state index contributed by atoms with van der Waals surface area (Å²) in [6, 6.07) is 3.90. The lowest BCUT2D eigenvalue weighted by Gasteiger charge is -1.96. The van der Waals surface area contributed by atoms with Crippen LogP contribution in [0.5, 0.6) is 0 Å². The second-order valence-electron chi connectivity index (χ2n) is 3.95. The maximum atomic E-state index is 10.5. The lowest BCUT2D eigenvalue weighted by molar-refractivity contribution is -0.695. The van der Waals surface area contributed by atoms with Crippen LogP contribution >= 0.6 is 22.7 Å². The first-order chi connectivity index (χ1) is 9.22. The molecule has 3 heterocycles. The van der Waals surface area contributed by atoms with E-state index in [9.17, 15) is 4.79 Å². The molecule has 3 rings (SSSR count). The molecule has 0 fully saturated rings. The minimum atomic E-state index is -0.789. The van der Waals surface area contributed by atoms with Crippen LogP contribution in [0.4, 0.5) is 0 Å². The van der Waals surface area contributed by atoms with Gasteiger partial charge in [-0.15, -0.1) is 11.3 Å². The van der Waals surface area contributed by atoms with Crippen LogP contribution in [0, 0.1) is 0 Å². The Kier molecular flexibility index (Phi) is 3.22. The Morgan fingerprint density at radius 3 is 2.79 bits per heavy atom. The van der Waals surface area contributed by atoms with Crippen molar-refractivity contribution in [3.05, 3.63) is 30.0 Å². The van der Waals surface area contributed by atoms with E-state index in [4.69, 9.17) is 5.11 Å². The monoisotopic (exact) mass is 292 g/mol. The predicted molar refractivity (Wildman–Crippen MR) is 73.2 cm³/mol. The van der Waals surface area contributed by atoms with Crippen LogP contribution in [0.3, 0.4) is 0 Å². The van der Waals surface area contributed by atoms with Crippen molar-refractivity contribution in [1.29, 1.82) is 0 Å². The molecule has 5 nitrogen and oxygen atoms in total. The molecule has 0 aliphatic carbocycles. The molecule has 0 spiro atoms. The van der Waals surface area contributed by atoms with Gasteiger partial charge in [0.2, 0.25) is 0 Å². The van der Waals surface area contributed by atoms with Crippen molar-refractivity contribution < 1.29 is 14.5 Å². The van der Waals surface area contributed by atoms with Gasteiger partial charge in [0.25, 0.3) is 0 Å². The minimum Gasteiger partial charge on any atom is -0.481 e. The van der Waals surface area contributed by atoms with Gasteiger partial charge >= 0.3 is 5.97 Å². The molecule has 19 heavy (non-hydrogen) atoms. The number of pyridine rings is 1. The van der Waals surface area contributed by atoms with Crippen LogP contribution in [-0.4, -0.2) is 21.0 Å². The zero-order chi connectivity index (χ0) is 13.2. The lowest BCUT2D eigenvalue weighted by atomic mass is 10.3. The average Bonchev–Trinajstić information content (AvgIpc) is 2.97. The number of aliphatic carboxylic acids is 1. The van der Waals surface area contributed by atoms with Crippen molar-refractivity contribution >= 4 is 38.3 Å². The first-order valence-electron chi connectivity index (χ1n) is 5.64. The molecule has 3 aromatic heterocycles. The smallest absolute Gasteiger partial charge is 0.309 e. The molecule has 0 aliphatic rings. The quantitative estimate of drug-likeness (QED) is 0.748. The number of hydrogen-bond acceptors (Lipinski definition) is 5.